The van der Waals surface area contributed by atoms with Crippen molar-refractivity contribution >= 4 is 5.91 Å². The molecule has 0 aliphatic carbocycles. The van der Waals surface area contributed by atoms with E-state index in [1.807, 2.05) is 0 Å². The van der Waals surface area contributed by atoms with Gasteiger partial charge in [0, 0.05) is 6.42 Å². The fraction of sp³-hybridized carbons (Fsp3) is 0.950. The van der Waals surface area contributed by atoms with Gasteiger partial charge in [-0.1, -0.05) is 238 Å². The summed E-state index contributed by atoms with van der Waals surface area (Å²) in [6.07, 6.45) is 36.4. The molecule has 12 atom stereocenters. The number of ether oxygens (including phenoxy) is 4. The maximum atomic E-state index is 13.3. The third-order valence-corrected chi connectivity index (χ3v) is 15.5. The van der Waals surface area contributed by atoms with Gasteiger partial charge in [0.25, 0.3) is 0 Å². The lowest BCUT2D eigenvalue weighted by Gasteiger charge is -2.46. The molecule has 74 heavy (non-hydrogen) atoms. The lowest BCUT2D eigenvalue weighted by molar-refractivity contribution is -0.359. The second kappa shape index (κ2) is 46.6. The van der Waals surface area contributed by atoms with Gasteiger partial charge < -0.3 is 65.1 Å². The first kappa shape index (κ1) is 68.8. The largest absolute Gasteiger partial charge is 0.394 e. The highest BCUT2D eigenvalue weighted by atomic mass is 16.7. The molecule has 438 valence electrons. The van der Waals surface area contributed by atoms with Crippen molar-refractivity contribution in [2.45, 2.75) is 344 Å². The first-order valence-electron chi connectivity index (χ1n) is 30.9. The molecule has 2 aliphatic heterocycles. The summed E-state index contributed by atoms with van der Waals surface area (Å²) in [6, 6.07) is -0.825. The van der Waals surface area contributed by atoms with Crippen LogP contribution in [0.25, 0.3) is 0 Å². The fourth-order valence-corrected chi connectivity index (χ4v) is 10.5. The molecule has 14 heteroatoms. The Morgan fingerprint density at radius 1 is 0.473 bits per heavy atom. The van der Waals surface area contributed by atoms with Crippen molar-refractivity contribution in [2.24, 2.45) is 0 Å². The van der Waals surface area contributed by atoms with Crippen LogP contribution in [0.4, 0.5) is 0 Å². The molecular weight excluding hydrogens is 943 g/mol. The van der Waals surface area contributed by atoms with Gasteiger partial charge in [0.15, 0.2) is 12.6 Å². The van der Waals surface area contributed by atoms with Crippen LogP contribution in [0.3, 0.4) is 0 Å². The zero-order valence-electron chi connectivity index (χ0n) is 47.1. The Morgan fingerprint density at radius 3 is 1.28 bits per heavy atom. The van der Waals surface area contributed by atoms with Crippen molar-refractivity contribution in [1.29, 1.82) is 0 Å². The van der Waals surface area contributed by atoms with Crippen molar-refractivity contribution in [2.75, 3.05) is 19.8 Å². The van der Waals surface area contributed by atoms with Gasteiger partial charge in [0.2, 0.25) is 5.91 Å². The Kier molecular flexibility index (Phi) is 43.4. The number of hydrogen-bond acceptors (Lipinski definition) is 13. The summed E-state index contributed by atoms with van der Waals surface area (Å²) in [7, 11) is 0. The fourth-order valence-electron chi connectivity index (χ4n) is 10.5. The number of amides is 1. The zero-order chi connectivity index (χ0) is 53.9. The molecule has 14 nitrogen and oxygen atoms in total. The van der Waals surface area contributed by atoms with Gasteiger partial charge in [-0.05, 0) is 38.5 Å². The van der Waals surface area contributed by atoms with Crippen LogP contribution in [-0.4, -0.2) is 140 Å². The van der Waals surface area contributed by atoms with E-state index in [1.54, 1.807) is 0 Å². The normalized spacial score (nSPS) is 25.2. The Hall–Kier alpha value is -1.27. The molecule has 0 saturated carbocycles. The summed E-state index contributed by atoms with van der Waals surface area (Å²) in [4.78, 5) is 13.3. The second-order valence-electron chi connectivity index (χ2n) is 22.2. The maximum Gasteiger partial charge on any atom is 0.220 e. The van der Waals surface area contributed by atoms with E-state index in [4.69, 9.17) is 18.9 Å². The monoisotopic (exact) mass is 1060 g/mol. The molecule has 2 saturated heterocycles. The smallest absolute Gasteiger partial charge is 0.220 e. The van der Waals surface area contributed by atoms with Crippen LogP contribution in [0.15, 0.2) is 12.2 Å². The molecule has 0 aromatic heterocycles. The van der Waals surface area contributed by atoms with E-state index in [2.05, 4.69) is 31.3 Å². The average Bonchev–Trinajstić information content (AvgIpc) is 3.40. The number of carbonyl (C=O) groups is 1. The highest BCUT2D eigenvalue weighted by molar-refractivity contribution is 5.76. The molecule has 2 fully saturated rings. The summed E-state index contributed by atoms with van der Waals surface area (Å²) in [5.41, 5.74) is 0. The predicted molar refractivity (Wildman–Crippen MR) is 295 cm³/mol. The van der Waals surface area contributed by atoms with Gasteiger partial charge >= 0.3 is 0 Å². The summed E-state index contributed by atoms with van der Waals surface area (Å²) in [5.74, 6) is -0.203. The Bertz CT molecular complexity index is 1290. The first-order chi connectivity index (χ1) is 36.1. The van der Waals surface area contributed by atoms with Crippen molar-refractivity contribution < 1.29 is 64.6 Å². The van der Waals surface area contributed by atoms with Crippen molar-refractivity contribution in [3.05, 3.63) is 12.2 Å². The highest BCUT2D eigenvalue weighted by Gasteiger charge is 2.51. The number of allylic oxidation sites excluding steroid dienone is 2. The molecule has 2 aliphatic rings. The number of carbonyl (C=O) groups excluding carboxylic acids is 1. The Labute approximate surface area is 450 Å². The van der Waals surface area contributed by atoms with Crippen molar-refractivity contribution in [1.82, 2.24) is 5.32 Å². The van der Waals surface area contributed by atoms with Crippen LogP contribution in [0.5, 0.6) is 0 Å². The van der Waals surface area contributed by atoms with Crippen LogP contribution in [0.1, 0.15) is 271 Å². The SMILES string of the molecule is CCCCCCCCCC/C=C\CCCCCCCCCCCCCCCC(=O)NC(COC1OC(CO)C(OC2OC(CO)C(O)C(O)C2O)C(O)C1O)C(O)CCCCCCCCCCCCCCCCC. The van der Waals surface area contributed by atoms with Gasteiger partial charge in [-0.2, -0.15) is 0 Å². The predicted octanol–water partition coefficient (Wildman–Crippen LogP) is 10.7. The minimum atomic E-state index is -1.78. The molecule has 12 unspecified atom stereocenters. The molecule has 2 rings (SSSR count). The quantitative estimate of drug-likeness (QED) is 0.0204. The van der Waals surface area contributed by atoms with E-state index in [0.717, 1.165) is 51.4 Å². The van der Waals surface area contributed by atoms with Crippen LogP contribution >= 0.6 is 0 Å². The number of rotatable bonds is 50. The minimum Gasteiger partial charge on any atom is -0.394 e. The van der Waals surface area contributed by atoms with Gasteiger partial charge in [0.05, 0.1) is 32.0 Å². The lowest BCUT2D eigenvalue weighted by atomic mass is 9.97. The number of unbranched alkanes of at least 4 members (excludes halogenated alkanes) is 35. The highest BCUT2D eigenvalue weighted by Crippen LogP contribution is 2.30. The Morgan fingerprint density at radius 2 is 0.851 bits per heavy atom. The molecular formula is C60H115NO13. The van der Waals surface area contributed by atoms with Gasteiger partial charge in [-0.3, -0.25) is 4.79 Å². The van der Waals surface area contributed by atoms with Crippen LogP contribution in [0, 0.1) is 0 Å². The molecule has 2 heterocycles. The molecule has 9 N–H and O–H groups in total. The molecule has 1 amide bonds. The lowest BCUT2D eigenvalue weighted by Crippen LogP contribution is -2.65. The second-order valence-corrected chi connectivity index (χ2v) is 22.2. The van der Waals surface area contributed by atoms with Gasteiger partial charge in [-0.15, -0.1) is 0 Å². The van der Waals surface area contributed by atoms with E-state index in [1.165, 1.54) is 193 Å². The molecule has 0 radical (unpaired) electrons. The first-order valence-corrected chi connectivity index (χ1v) is 30.9. The van der Waals surface area contributed by atoms with Crippen LogP contribution in [-0.2, 0) is 23.7 Å². The minimum absolute atomic E-state index is 0.203. The standard InChI is InChI=1S/C60H115NO13/c1-3-5-7-9-11-13-15-17-19-20-21-22-23-24-25-26-27-28-30-32-34-36-38-40-42-44-52(65)61-48(49(64)43-41-39-37-35-33-31-29-18-16-14-12-10-8-6-4-2)47-71-59-57(70)55(68)58(51(46-63)73-59)74-60-56(69)54(67)53(66)50(45-62)72-60/h20-21,48-51,53-60,62-64,66-70H,3-19,22-47H2,1-2H3,(H,61,65)/b21-20-. The van der Waals surface area contributed by atoms with Crippen molar-refractivity contribution in [3.8, 4) is 0 Å². The summed E-state index contributed by atoms with van der Waals surface area (Å²) < 4.78 is 22.8. The third-order valence-electron chi connectivity index (χ3n) is 15.5. The average molecular weight is 1060 g/mol. The molecule has 0 aromatic carbocycles. The zero-order valence-corrected chi connectivity index (χ0v) is 47.1. The van der Waals surface area contributed by atoms with Gasteiger partial charge in [-0.25, -0.2) is 0 Å². The van der Waals surface area contributed by atoms with E-state index < -0.39 is 86.8 Å². The maximum absolute atomic E-state index is 13.3. The Balaban J connectivity index is 1.70. The van der Waals surface area contributed by atoms with E-state index in [0.29, 0.717) is 12.8 Å². The summed E-state index contributed by atoms with van der Waals surface area (Å²) in [6.45, 7) is 2.89. The third kappa shape index (κ3) is 32.0. The van der Waals surface area contributed by atoms with Crippen LogP contribution < -0.4 is 5.32 Å². The van der Waals surface area contributed by atoms with E-state index in [-0.39, 0.29) is 12.5 Å². The molecule has 0 spiro atoms. The van der Waals surface area contributed by atoms with Crippen LogP contribution in [0.2, 0.25) is 0 Å². The van der Waals surface area contributed by atoms with Crippen molar-refractivity contribution in [3.63, 3.8) is 0 Å². The number of aliphatic hydroxyl groups excluding tert-OH is 8. The van der Waals surface area contributed by atoms with E-state index in [9.17, 15) is 45.6 Å². The summed E-state index contributed by atoms with van der Waals surface area (Å²) >= 11 is 0. The number of hydrogen-bond donors (Lipinski definition) is 9. The molecule has 0 bridgehead atoms. The van der Waals surface area contributed by atoms with Gasteiger partial charge in [0.1, 0.15) is 48.8 Å². The molecule has 0 aromatic rings. The number of aliphatic hydroxyl groups is 8. The summed E-state index contributed by atoms with van der Waals surface area (Å²) in [5, 5.41) is 87.3. The number of nitrogens with one attached hydrogen (secondary N) is 1. The van der Waals surface area contributed by atoms with E-state index >= 15 is 0 Å². The topological polar surface area (TPSA) is 228 Å².